The largest absolute Gasteiger partial charge is 0.394 e. The molecule has 1 aliphatic rings. The van der Waals surface area contributed by atoms with E-state index in [0.717, 1.165) is 38.5 Å². The van der Waals surface area contributed by atoms with Crippen LogP contribution < -0.4 is 5.32 Å². The number of allylic oxidation sites excluding steroid dienone is 4. The molecule has 11 nitrogen and oxygen atoms in total. The van der Waals surface area contributed by atoms with Crippen molar-refractivity contribution in [2.24, 2.45) is 0 Å². The molecule has 1 heterocycles. The predicted molar refractivity (Wildman–Crippen MR) is 302 cm³/mol. The van der Waals surface area contributed by atoms with Gasteiger partial charge >= 0.3 is 0 Å². The second-order valence-electron chi connectivity index (χ2n) is 22.1. The summed E-state index contributed by atoms with van der Waals surface area (Å²) in [6.07, 6.45) is 51.0. The van der Waals surface area contributed by atoms with Crippen LogP contribution in [-0.4, -0.2) is 110 Å². The van der Waals surface area contributed by atoms with E-state index in [1.165, 1.54) is 212 Å². The molecule has 0 aliphatic carbocycles. The zero-order chi connectivity index (χ0) is 53.3. The molecule has 0 aromatic carbocycles. The number of rotatable bonds is 54. The maximum absolute atomic E-state index is 13.2. The van der Waals surface area contributed by atoms with Gasteiger partial charge in [-0.2, -0.15) is 0 Å². The average molecular weight is 1040 g/mol. The lowest BCUT2D eigenvalue weighted by atomic mass is 9.98. The lowest BCUT2D eigenvalue weighted by Gasteiger charge is -2.40. The number of nitrogens with one attached hydrogen (secondary N) is 1. The molecule has 1 amide bonds. The van der Waals surface area contributed by atoms with Crippen molar-refractivity contribution in [1.82, 2.24) is 5.32 Å². The van der Waals surface area contributed by atoms with Crippen LogP contribution in [0.15, 0.2) is 24.3 Å². The molecule has 1 rings (SSSR count). The second-order valence-corrected chi connectivity index (χ2v) is 22.1. The van der Waals surface area contributed by atoms with Crippen LogP contribution in [-0.2, 0) is 14.3 Å². The van der Waals surface area contributed by atoms with Crippen LogP contribution in [0.3, 0.4) is 0 Å². The van der Waals surface area contributed by atoms with E-state index in [-0.39, 0.29) is 12.8 Å². The smallest absolute Gasteiger partial charge is 0.249 e. The first-order valence-electron chi connectivity index (χ1n) is 31.2. The Morgan fingerprint density at radius 1 is 0.466 bits per heavy atom. The number of hydrogen-bond donors (Lipinski definition) is 8. The van der Waals surface area contributed by atoms with Crippen molar-refractivity contribution >= 4 is 5.91 Å². The molecule has 432 valence electrons. The highest BCUT2D eigenvalue weighted by atomic mass is 16.7. The molecule has 0 bridgehead atoms. The lowest BCUT2D eigenvalue weighted by molar-refractivity contribution is -0.303. The minimum absolute atomic E-state index is 0.249. The van der Waals surface area contributed by atoms with Crippen molar-refractivity contribution < 1.29 is 50.0 Å². The van der Waals surface area contributed by atoms with Gasteiger partial charge < -0.3 is 50.5 Å². The van der Waals surface area contributed by atoms with Gasteiger partial charge in [-0.05, 0) is 51.4 Å². The van der Waals surface area contributed by atoms with Crippen molar-refractivity contribution in [2.45, 2.75) is 351 Å². The zero-order valence-electron chi connectivity index (χ0n) is 47.4. The van der Waals surface area contributed by atoms with E-state index in [0.29, 0.717) is 19.3 Å². The molecule has 0 spiro atoms. The predicted octanol–water partition coefficient (Wildman–Crippen LogP) is 13.7. The standard InChI is InChI=1S/C62H119NO10/c1-3-5-7-9-11-13-15-17-19-21-23-25-26-27-28-29-30-32-34-36-38-40-42-44-46-48-50-55(66)61(71)63-53(52-72-62-60(70)59(69)58(68)56(51-64)73-62)57(67)54(65)49-47-45-43-41-39-37-35-33-31-24-22-20-18-16-14-12-10-8-6-4-2/h33,35,41,43,53-60,62,64-70H,3-32,34,36-40,42,44-52H2,1-2H3,(H,63,71)/b35-33+,43-41+. The van der Waals surface area contributed by atoms with E-state index in [9.17, 15) is 40.5 Å². The molecule has 1 aliphatic heterocycles. The van der Waals surface area contributed by atoms with Gasteiger partial charge in [0.05, 0.1) is 25.4 Å². The maximum Gasteiger partial charge on any atom is 0.249 e. The van der Waals surface area contributed by atoms with Gasteiger partial charge in [0.2, 0.25) is 5.91 Å². The first-order valence-corrected chi connectivity index (χ1v) is 31.2. The molecule has 73 heavy (non-hydrogen) atoms. The van der Waals surface area contributed by atoms with E-state index in [1.54, 1.807) is 0 Å². The van der Waals surface area contributed by atoms with Gasteiger partial charge in [0.1, 0.15) is 36.6 Å². The third-order valence-corrected chi connectivity index (χ3v) is 15.2. The van der Waals surface area contributed by atoms with Gasteiger partial charge in [-0.15, -0.1) is 0 Å². The monoisotopic (exact) mass is 1040 g/mol. The minimum atomic E-state index is -1.67. The number of hydrogen-bond acceptors (Lipinski definition) is 10. The molecule has 9 atom stereocenters. The summed E-state index contributed by atoms with van der Waals surface area (Å²) in [5, 5.41) is 76.2. The van der Waals surface area contributed by atoms with Crippen LogP contribution >= 0.6 is 0 Å². The summed E-state index contributed by atoms with van der Waals surface area (Å²) in [5.41, 5.74) is 0. The Kier molecular flexibility index (Phi) is 49.0. The van der Waals surface area contributed by atoms with Crippen molar-refractivity contribution in [1.29, 1.82) is 0 Å². The van der Waals surface area contributed by atoms with E-state index in [1.807, 2.05) is 0 Å². The third-order valence-electron chi connectivity index (χ3n) is 15.2. The van der Waals surface area contributed by atoms with E-state index >= 15 is 0 Å². The number of carbonyl (C=O) groups excluding carboxylic acids is 1. The fourth-order valence-corrected chi connectivity index (χ4v) is 10.2. The molecule has 0 radical (unpaired) electrons. The summed E-state index contributed by atoms with van der Waals surface area (Å²) in [6, 6.07) is -1.19. The van der Waals surface area contributed by atoms with Gasteiger partial charge in [0.15, 0.2) is 6.29 Å². The lowest BCUT2D eigenvalue weighted by Crippen LogP contribution is -2.60. The summed E-state index contributed by atoms with van der Waals surface area (Å²) in [5.74, 6) is -0.705. The van der Waals surface area contributed by atoms with E-state index in [4.69, 9.17) is 9.47 Å². The molecule has 1 fully saturated rings. The van der Waals surface area contributed by atoms with E-state index < -0.39 is 74.2 Å². The average Bonchev–Trinajstić information content (AvgIpc) is 3.39. The SMILES string of the molecule is CCCCCCCCCCCCC/C=C/CC/C=C/CCCC(O)C(O)C(COC1OC(CO)C(O)C(O)C1O)NC(=O)C(O)CCCCCCCCCCCCCCCCCCCCCCCCCCCC. The molecule has 11 heteroatoms. The van der Waals surface area contributed by atoms with Gasteiger partial charge in [-0.25, -0.2) is 0 Å². The van der Waals surface area contributed by atoms with Crippen LogP contribution in [0.2, 0.25) is 0 Å². The highest BCUT2D eigenvalue weighted by Gasteiger charge is 2.44. The summed E-state index contributed by atoms with van der Waals surface area (Å²) in [7, 11) is 0. The zero-order valence-corrected chi connectivity index (χ0v) is 47.4. The molecule has 0 saturated carbocycles. The molecule has 1 saturated heterocycles. The second kappa shape index (κ2) is 51.4. The summed E-state index contributed by atoms with van der Waals surface area (Å²) < 4.78 is 11.1. The van der Waals surface area contributed by atoms with E-state index in [2.05, 4.69) is 43.5 Å². The Labute approximate surface area is 448 Å². The quantitative estimate of drug-likeness (QED) is 0.0215. The topological polar surface area (TPSA) is 189 Å². The first kappa shape index (κ1) is 69.6. The van der Waals surface area contributed by atoms with Crippen molar-refractivity contribution in [3.63, 3.8) is 0 Å². The number of ether oxygens (including phenoxy) is 2. The van der Waals surface area contributed by atoms with Gasteiger partial charge in [0.25, 0.3) is 0 Å². The van der Waals surface area contributed by atoms with Crippen LogP contribution in [0.1, 0.15) is 296 Å². The Morgan fingerprint density at radius 2 is 0.822 bits per heavy atom. The third kappa shape index (κ3) is 39.6. The normalized spacial score (nSPS) is 20.0. The molecule has 8 N–H and O–H groups in total. The van der Waals surface area contributed by atoms with Gasteiger partial charge in [-0.3, -0.25) is 4.79 Å². The maximum atomic E-state index is 13.2. The fraction of sp³-hybridized carbons (Fsp3) is 0.919. The van der Waals surface area contributed by atoms with Crippen LogP contribution in [0.25, 0.3) is 0 Å². The summed E-state index contributed by atoms with van der Waals surface area (Å²) in [4.78, 5) is 13.2. The number of aliphatic hydroxyl groups is 7. The number of carbonyl (C=O) groups is 1. The summed E-state index contributed by atoms with van der Waals surface area (Å²) >= 11 is 0. The molecule has 9 unspecified atom stereocenters. The number of amides is 1. The van der Waals surface area contributed by atoms with Crippen LogP contribution in [0.5, 0.6) is 0 Å². The Morgan fingerprint density at radius 3 is 1.22 bits per heavy atom. The summed E-state index contributed by atoms with van der Waals surface area (Å²) in [6.45, 7) is 3.48. The van der Waals surface area contributed by atoms with Crippen molar-refractivity contribution in [3.05, 3.63) is 24.3 Å². The van der Waals surface area contributed by atoms with Crippen molar-refractivity contribution in [3.8, 4) is 0 Å². The number of unbranched alkanes of at least 4 members (excludes halogenated alkanes) is 38. The fourth-order valence-electron chi connectivity index (χ4n) is 10.2. The van der Waals surface area contributed by atoms with Crippen LogP contribution in [0.4, 0.5) is 0 Å². The number of aliphatic hydroxyl groups excluding tert-OH is 7. The Bertz CT molecular complexity index is 1240. The molecular weight excluding hydrogens is 919 g/mol. The first-order chi connectivity index (χ1) is 35.7. The molecule has 0 aromatic heterocycles. The Hall–Kier alpha value is -1.41. The van der Waals surface area contributed by atoms with Gasteiger partial charge in [0, 0.05) is 0 Å². The highest BCUT2D eigenvalue weighted by molar-refractivity contribution is 5.80. The van der Waals surface area contributed by atoms with Gasteiger partial charge in [-0.1, -0.05) is 269 Å². The minimum Gasteiger partial charge on any atom is -0.394 e. The molecule has 0 aromatic rings. The Balaban J connectivity index is 2.28. The van der Waals surface area contributed by atoms with Crippen LogP contribution in [0, 0.1) is 0 Å². The highest BCUT2D eigenvalue weighted by Crippen LogP contribution is 2.24. The van der Waals surface area contributed by atoms with Crippen molar-refractivity contribution in [2.75, 3.05) is 13.2 Å². The molecular formula is C62H119NO10.